The molecule has 0 radical (unpaired) electrons. The number of nitrogens with one attached hydrogen (secondary N) is 2. The lowest BCUT2D eigenvalue weighted by molar-refractivity contribution is -0.142. The van der Waals surface area contributed by atoms with Gasteiger partial charge in [-0.15, -0.1) is 10.2 Å². The van der Waals surface area contributed by atoms with E-state index < -0.39 is 61.9 Å². The number of anilines is 1. The Hall–Kier alpha value is -3.61. The highest BCUT2D eigenvalue weighted by Crippen LogP contribution is 2.35. The van der Waals surface area contributed by atoms with E-state index in [1.54, 1.807) is 0 Å². The van der Waals surface area contributed by atoms with E-state index in [2.05, 4.69) is 15.5 Å². The number of aromatic nitrogens is 2. The summed E-state index contributed by atoms with van der Waals surface area (Å²) in [4.78, 5) is 13.0. The molecule has 0 spiro atoms. The van der Waals surface area contributed by atoms with Crippen molar-refractivity contribution in [2.75, 3.05) is 11.6 Å². The molecule has 1 amide bonds. The average Bonchev–Trinajstić information content (AvgIpc) is 2.69. The first kappa shape index (κ1) is 24.0. The predicted molar refractivity (Wildman–Crippen MR) is 108 cm³/mol. The quantitative estimate of drug-likeness (QED) is 0.485. The number of rotatable bonds is 5. The molecule has 7 nitrogen and oxygen atoms in total. The summed E-state index contributed by atoms with van der Waals surface area (Å²) in [6, 6.07) is 7.49. The highest BCUT2D eigenvalue weighted by molar-refractivity contribution is 7.91. The van der Waals surface area contributed by atoms with Gasteiger partial charge in [-0.1, -0.05) is 6.07 Å². The molecule has 0 saturated carbocycles. The average molecular weight is 486 g/mol. The van der Waals surface area contributed by atoms with Crippen LogP contribution in [0.2, 0.25) is 0 Å². The fraction of sp³-hybridized carbons (Fsp3) is 0.150. The van der Waals surface area contributed by atoms with Crippen molar-refractivity contribution in [2.24, 2.45) is 0 Å². The topological polar surface area (TPSA) is 105 Å². The number of nitrogens with zero attached hydrogens (tertiary/aromatic N) is 2. The van der Waals surface area contributed by atoms with Crippen molar-refractivity contribution >= 4 is 21.3 Å². The van der Waals surface area contributed by atoms with Crippen LogP contribution in [0.5, 0.6) is 11.6 Å². The van der Waals surface area contributed by atoms with E-state index in [0.717, 1.165) is 25.3 Å². The van der Waals surface area contributed by atoms with E-state index in [9.17, 15) is 31.0 Å². The number of ether oxygens (including phenoxy) is 1. The maximum absolute atomic E-state index is 14.0. The molecule has 1 heterocycles. The van der Waals surface area contributed by atoms with E-state index in [1.165, 1.54) is 24.3 Å². The zero-order valence-electron chi connectivity index (χ0n) is 17.0. The van der Waals surface area contributed by atoms with Gasteiger partial charge in [-0.2, -0.15) is 13.2 Å². The Morgan fingerprint density at radius 3 is 2.45 bits per heavy atom. The number of benzene rings is 2. The summed E-state index contributed by atoms with van der Waals surface area (Å²) >= 11 is 0. The minimum Gasteiger partial charge on any atom is -0.434 e. The minimum absolute atomic E-state index is 0.0204. The Morgan fingerprint density at radius 2 is 1.82 bits per heavy atom. The Kier molecular flexibility index (Phi) is 6.36. The summed E-state index contributed by atoms with van der Waals surface area (Å²) in [7, 11) is -3.14. The zero-order valence-corrected chi connectivity index (χ0v) is 17.8. The maximum atomic E-state index is 14.0. The third-order valence-electron chi connectivity index (χ3n) is 4.32. The van der Waals surface area contributed by atoms with Crippen LogP contribution in [0.25, 0.3) is 0 Å². The fourth-order valence-corrected chi connectivity index (χ4v) is 3.47. The second kappa shape index (κ2) is 8.73. The third kappa shape index (κ3) is 5.42. The molecule has 13 heteroatoms. The maximum Gasteiger partial charge on any atom is 0.435 e. The van der Waals surface area contributed by atoms with Crippen LogP contribution in [-0.4, -0.2) is 26.6 Å². The number of amides is 1. The van der Waals surface area contributed by atoms with Gasteiger partial charge in [0.15, 0.2) is 17.3 Å². The molecule has 0 fully saturated rings. The van der Waals surface area contributed by atoms with Gasteiger partial charge in [0.2, 0.25) is 0 Å². The second-order valence-electron chi connectivity index (χ2n) is 6.85. The molecule has 2 aromatic carbocycles. The first-order chi connectivity index (χ1) is 15.3. The fourth-order valence-electron chi connectivity index (χ4n) is 2.78. The first-order valence-electron chi connectivity index (χ1n) is 9.00. The highest BCUT2D eigenvalue weighted by atomic mass is 32.2. The summed E-state index contributed by atoms with van der Waals surface area (Å²) in [5.41, 5.74) is -2.85. The summed E-state index contributed by atoms with van der Waals surface area (Å²) in [6.07, 6.45) is -3.81. The molecular weight excluding hydrogens is 471 g/mol. The smallest absolute Gasteiger partial charge is 0.434 e. The third-order valence-corrected chi connectivity index (χ3v) is 5.48. The van der Waals surface area contributed by atoms with Gasteiger partial charge in [0, 0.05) is 22.9 Å². The molecule has 0 aliphatic heterocycles. The molecule has 0 bridgehead atoms. The summed E-state index contributed by atoms with van der Waals surface area (Å²) < 4.78 is 92.2. The predicted octanol–water partition coefficient (Wildman–Crippen LogP) is 5.16. The molecule has 2 N–H and O–H groups in total. The van der Waals surface area contributed by atoms with Gasteiger partial charge in [-0.25, -0.2) is 17.8 Å². The van der Waals surface area contributed by atoms with Crippen molar-refractivity contribution in [1.29, 1.82) is 4.78 Å². The van der Waals surface area contributed by atoms with Crippen LogP contribution < -0.4 is 10.1 Å². The van der Waals surface area contributed by atoms with Gasteiger partial charge in [-0.05, 0) is 42.8 Å². The normalized spacial score (nSPS) is 13.3. The van der Waals surface area contributed by atoms with Gasteiger partial charge in [0.25, 0.3) is 11.8 Å². The lowest BCUT2D eigenvalue weighted by Crippen LogP contribution is -2.21. The molecule has 174 valence electrons. The Balaban J connectivity index is 2.09. The Morgan fingerprint density at radius 1 is 1.12 bits per heavy atom. The number of alkyl halides is 3. The molecule has 0 saturated heterocycles. The van der Waals surface area contributed by atoms with Crippen molar-refractivity contribution in [3.05, 3.63) is 70.9 Å². The highest BCUT2D eigenvalue weighted by Gasteiger charge is 2.38. The molecule has 0 aliphatic rings. The number of hydrogen-bond donors (Lipinski definition) is 2. The molecule has 3 rings (SSSR count). The van der Waals surface area contributed by atoms with E-state index in [1.807, 2.05) is 0 Å². The largest absolute Gasteiger partial charge is 0.435 e. The summed E-state index contributed by atoms with van der Waals surface area (Å²) in [6.45, 7) is 0.945. The molecule has 1 unspecified atom stereocenters. The van der Waals surface area contributed by atoms with E-state index in [-0.39, 0.29) is 10.6 Å². The summed E-state index contributed by atoms with van der Waals surface area (Å²) in [5.74, 6) is -4.60. The lowest BCUT2D eigenvalue weighted by atomic mass is 10.1. The Labute approximate surface area is 184 Å². The van der Waals surface area contributed by atoms with E-state index in [4.69, 9.17) is 9.52 Å². The van der Waals surface area contributed by atoms with Gasteiger partial charge < -0.3 is 10.1 Å². The molecule has 0 aliphatic carbocycles. The molecule has 1 atom stereocenters. The van der Waals surface area contributed by atoms with Crippen molar-refractivity contribution < 1.29 is 35.7 Å². The standard InChI is InChI=1S/C20H15F5N4O3S/c1-10-16(18(30)27-12-4-3-5-13(9-12)33(2,26)31)19(29-28-17(10)20(23,24)25)32-15-8-11(21)6-7-14(15)22/h3-9,26H,1-2H3,(H,27,30). The van der Waals surface area contributed by atoms with Crippen LogP contribution in [0.1, 0.15) is 21.6 Å². The molecular formula is C20H15F5N4O3S. The molecule has 3 aromatic rings. The van der Waals surface area contributed by atoms with Crippen LogP contribution in [0.3, 0.4) is 0 Å². The van der Waals surface area contributed by atoms with Gasteiger partial charge in [-0.3, -0.25) is 4.79 Å². The van der Waals surface area contributed by atoms with Crippen LogP contribution in [-0.2, 0) is 15.9 Å². The monoisotopic (exact) mass is 486 g/mol. The van der Waals surface area contributed by atoms with E-state index in [0.29, 0.717) is 6.07 Å². The number of hydrogen-bond acceptors (Lipinski definition) is 6. The van der Waals surface area contributed by atoms with Crippen molar-refractivity contribution in [2.45, 2.75) is 18.0 Å². The van der Waals surface area contributed by atoms with Crippen LogP contribution in [0.15, 0.2) is 47.4 Å². The Bertz CT molecular complexity index is 1340. The van der Waals surface area contributed by atoms with Gasteiger partial charge in [0.05, 0.1) is 9.73 Å². The number of halogens is 5. The first-order valence-corrected chi connectivity index (χ1v) is 11.0. The number of carbonyl (C=O) groups is 1. The van der Waals surface area contributed by atoms with Crippen molar-refractivity contribution in [3.8, 4) is 11.6 Å². The van der Waals surface area contributed by atoms with Crippen LogP contribution in [0.4, 0.5) is 27.6 Å². The SMILES string of the molecule is Cc1c(C(F)(F)F)nnc(Oc2cc(F)ccc2F)c1C(=O)Nc1cccc(S(C)(=N)=O)c1. The molecule has 33 heavy (non-hydrogen) atoms. The van der Waals surface area contributed by atoms with Gasteiger partial charge in [0.1, 0.15) is 11.4 Å². The molecule has 1 aromatic heterocycles. The minimum atomic E-state index is -4.96. The second-order valence-corrected chi connectivity index (χ2v) is 9.01. The zero-order chi connectivity index (χ0) is 24.6. The summed E-state index contributed by atoms with van der Waals surface area (Å²) in [5, 5.41) is 8.62. The van der Waals surface area contributed by atoms with Crippen LogP contribution >= 0.6 is 0 Å². The van der Waals surface area contributed by atoms with Crippen molar-refractivity contribution in [1.82, 2.24) is 10.2 Å². The lowest BCUT2D eigenvalue weighted by Gasteiger charge is -2.16. The van der Waals surface area contributed by atoms with Crippen molar-refractivity contribution in [3.63, 3.8) is 0 Å². The number of carbonyl (C=O) groups excluding carboxylic acids is 1. The van der Waals surface area contributed by atoms with E-state index >= 15 is 0 Å². The van der Waals surface area contributed by atoms with Crippen LogP contribution in [0, 0.1) is 23.3 Å². The van der Waals surface area contributed by atoms with Gasteiger partial charge >= 0.3 is 6.18 Å².